The number of sulfonamides is 1. The predicted molar refractivity (Wildman–Crippen MR) is 92.7 cm³/mol. The lowest BCUT2D eigenvalue weighted by atomic mass is 10.1. The molecule has 0 aliphatic carbocycles. The molecule has 0 bridgehead atoms. The third kappa shape index (κ3) is 4.56. The first-order valence-electron chi connectivity index (χ1n) is 6.33. The molecular formula is C14H15BrN2O3S2. The summed E-state index contributed by atoms with van der Waals surface area (Å²) in [5, 5.41) is 0. The molecule has 118 valence electrons. The number of nitrogens with one attached hydrogen (secondary N) is 1. The van der Waals surface area contributed by atoms with Gasteiger partial charge in [-0.3, -0.25) is 9.52 Å². The highest BCUT2D eigenvalue weighted by Crippen LogP contribution is 2.24. The molecule has 8 heteroatoms. The van der Waals surface area contributed by atoms with Crippen LogP contribution in [0.25, 0.3) is 0 Å². The Balaban J connectivity index is 2.21. The van der Waals surface area contributed by atoms with Crippen LogP contribution in [0.3, 0.4) is 0 Å². The second kappa shape index (κ2) is 6.80. The zero-order valence-corrected chi connectivity index (χ0v) is 15.3. The van der Waals surface area contributed by atoms with Crippen molar-refractivity contribution >= 4 is 48.9 Å². The fraction of sp³-hybridized carbons (Fsp3) is 0.214. The molecule has 0 spiro atoms. The van der Waals surface area contributed by atoms with Crippen LogP contribution in [-0.4, -0.2) is 32.5 Å². The van der Waals surface area contributed by atoms with Crippen molar-refractivity contribution in [3.63, 3.8) is 0 Å². The van der Waals surface area contributed by atoms with E-state index in [-0.39, 0.29) is 11.6 Å². The summed E-state index contributed by atoms with van der Waals surface area (Å²) in [6.45, 7) is 0.461. The van der Waals surface area contributed by atoms with Crippen LogP contribution in [0.2, 0.25) is 0 Å². The van der Waals surface area contributed by atoms with Gasteiger partial charge in [-0.25, -0.2) is 8.42 Å². The Labute approximate surface area is 142 Å². The van der Waals surface area contributed by atoms with Crippen molar-refractivity contribution in [2.75, 3.05) is 18.0 Å². The fourth-order valence-electron chi connectivity index (χ4n) is 1.91. The average Bonchev–Trinajstić information content (AvgIpc) is 2.82. The van der Waals surface area contributed by atoms with E-state index in [1.165, 1.54) is 0 Å². The normalized spacial score (nSPS) is 11.2. The maximum absolute atomic E-state index is 12.5. The maximum Gasteiger partial charge on any atom is 0.256 e. The highest BCUT2D eigenvalue weighted by molar-refractivity contribution is 9.11. The number of amides is 1. The summed E-state index contributed by atoms with van der Waals surface area (Å²) in [5.74, 6) is -0.240. The lowest BCUT2D eigenvalue weighted by Crippen LogP contribution is -2.27. The Morgan fingerprint density at radius 2 is 1.95 bits per heavy atom. The lowest BCUT2D eigenvalue weighted by Gasteiger charge is -2.18. The van der Waals surface area contributed by atoms with Gasteiger partial charge in [0.05, 0.1) is 27.8 Å². The summed E-state index contributed by atoms with van der Waals surface area (Å²) in [5.41, 5.74) is 0.611. The molecule has 1 heterocycles. The van der Waals surface area contributed by atoms with Crippen LogP contribution in [0.5, 0.6) is 0 Å². The van der Waals surface area contributed by atoms with Gasteiger partial charge in [0.2, 0.25) is 10.0 Å². The van der Waals surface area contributed by atoms with E-state index in [1.54, 1.807) is 47.5 Å². The molecular weight excluding hydrogens is 388 g/mol. The predicted octanol–water partition coefficient (Wildman–Crippen LogP) is 3.15. The number of hydrogen-bond acceptors (Lipinski definition) is 4. The van der Waals surface area contributed by atoms with Gasteiger partial charge in [-0.1, -0.05) is 12.1 Å². The Hall–Kier alpha value is -1.38. The number of nitrogens with zero attached hydrogens (tertiary/aromatic N) is 1. The Morgan fingerprint density at radius 3 is 2.55 bits per heavy atom. The van der Waals surface area contributed by atoms with Gasteiger partial charge < -0.3 is 4.90 Å². The number of hydrogen-bond donors (Lipinski definition) is 1. The Bertz CT molecular complexity index is 787. The molecule has 2 rings (SSSR count). The number of rotatable bonds is 5. The second-order valence-corrected chi connectivity index (χ2v) is 9.08. The van der Waals surface area contributed by atoms with Gasteiger partial charge in [0.25, 0.3) is 5.91 Å². The van der Waals surface area contributed by atoms with Gasteiger partial charge in [0, 0.05) is 11.9 Å². The molecule has 1 aromatic carbocycles. The first-order chi connectivity index (χ1) is 10.3. The van der Waals surface area contributed by atoms with E-state index in [0.29, 0.717) is 12.1 Å². The number of anilines is 1. The number of halogens is 1. The van der Waals surface area contributed by atoms with Crippen molar-refractivity contribution in [2.24, 2.45) is 0 Å². The average molecular weight is 403 g/mol. The summed E-state index contributed by atoms with van der Waals surface area (Å²) in [6, 6.07) is 10.4. The van der Waals surface area contributed by atoms with Crippen LogP contribution in [-0.2, 0) is 16.6 Å². The van der Waals surface area contributed by atoms with Gasteiger partial charge in [-0.05, 0) is 40.2 Å². The van der Waals surface area contributed by atoms with Gasteiger partial charge in [0.15, 0.2) is 0 Å². The van der Waals surface area contributed by atoms with Crippen LogP contribution in [0, 0.1) is 0 Å². The third-order valence-corrected chi connectivity index (χ3v) is 5.02. The molecule has 5 nitrogen and oxygen atoms in total. The number of carbonyl (C=O) groups is 1. The van der Waals surface area contributed by atoms with Crippen molar-refractivity contribution in [2.45, 2.75) is 6.54 Å². The van der Waals surface area contributed by atoms with Crippen molar-refractivity contribution in [1.29, 1.82) is 0 Å². The molecule has 0 aliphatic heterocycles. The third-order valence-electron chi connectivity index (χ3n) is 2.82. The maximum atomic E-state index is 12.5. The zero-order valence-electron chi connectivity index (χ0n) is 12.0. The summed E-state index contributed by atoms with van der Waals surface area (Å²) in [7, 11) is -1.75. The van der Waals surface area contributed by atoms with E-state index in [4.69, 9.17) is 0 Å². The van der Waals surface area contributed by atoms with Crippen molar-refractivity contribution in [3.8, 4) is 0 Å². The molecule has 2 aromatic rings. The second-order valence-electron chi connectivity index (χ2n) is 4.79. The van der Waals surface area contributed by atoms with E-state index >= 15 is 0 Å². The molecule has 0 aliphatic rings. The summed E-state index contributed by atoms with van der Waals surface area (Å²) in [4.78, 5) is 15.1. The van der Waals surface area contributed by atoms with E-state index < -0.39 is 10.0 Å². The highest BCUT2D eigenvalue weighted by Gasteiger charge is 2.18. The molecule has 1 N–H and O–H groups in total. The van der Waals surface area contributed by atoms with Crippen molar-refractivity contribution in [1.82, 2.24) is 4.90 Å². The van der Waals surface area contributed by atoms with Crippen molar-refractivity contribution in [3.05, 3.63) is 50.6 Å². The number of para-hydroxylation sites is 1. The largest absolute Gasteiger partial charge is 0.336 e. The highest BCUT2D eigenvalue weighted by atomic mass is 79.9. The summed E-state index contributed by atoms with van der Waals surface area (Å²) in [6.07, 6.45) is 1.06. The minimum absolute atomic E-state index is 0.240. The van der Waals surface area contributed by atoms with Gasteiger partial charge >= 0.3 is 0 Å². The molecule has 0 unspecified atom stereocenters. The fourth-order valence-corrected chi connectivity index (χ4v) is 4.02. The zero-order chi connectivity index (χ0) is 16.3. The minimum atomic E-state index is -3.44. The van der Waals surface area contributed by atoms with Crippen LogP contribution in [0.1, 0.15) is 15.2 Å². The lowest BCUT2D eigenvalue weighted by molar-refractivity contribution is 0.0787. The van der Waals surface area contributed by atoms with E-state index in [0.717, 1.165) is 14.9 Å². The van der Waals surface area contributed by atoms with Gasteiger partial charge in [-0.15, -0.1) is 11.3 Å². The number of benzene rings is 1. The van der Waals surface area contributed by atoms with Crippen molar-refractivity contribution < 1.29 is 13.2 Å². The van der Waals surface area contributed by atoms with E-state index in [9.17, 15) is 13.2 Å². The standard InChI is InChI=1S/C14H15BrN2O3S2/c1-17(9-10-7-8-13(15)21-10)14(18)11-5-3-4-6-12(11)16-22(2,19)20/h3-8,16H,9H2,1-2H3. The van der Waals surface area contributed by atoms with E-state index in [2.05, 4.69) is 20.7 Å². The Morgan fingerprint density at radius 1 is 1.27 bits per heavy atom. The van der Waals surface area contributed by atoms with Crippen LogP contribution in [0.4, 0.5) is 5.69 Å². The molecule has 22 heavy (non-hydrogen) atoms. The monoisotopic (exact) mass is 402 g/mol. The van der Waals surface area contributed by atoms with Gasteiger partial charge in [0.1, 0.15) is 0 Å². The number of carbonyl (C=O) groups excluding carboxylic acids is 1. The first kappa shape index (κ1) is 17.0. The quantitative estimate of drug-likeness (QED) is 0.834. The molecule has 0 radical (unpaired) electrons. The molecule has 0 fully saturated rings. The topological polar surface area (TPSA) is 66.5 Å². The minimum Gasteiger partial charge on any atom is -0.336 e. The van der Waals surface area contributed by atoms with Gasteiger partial charge in [-0.2, -0.15) is 0 Å². The SMILES string of the molecule is CN(Cc1ccc(Br)s1)C(=O)c1ccccc1NS(C)(=O)=O. The van der Waals surface area contributed by atoms with E-state index in [1.807, 2.05) is 12.1 Å². The molecule has 1 amide bonds. The smallest absolute Gasteiger partial charge is 0.256 e. The molecule has 0 saturated heterocycles. The summed E-state index contributed by atoms with van der Waals surface area (Å²) >= 11 is 4.94. The van der Waals surface area contributed by atoms with Crippen LogP contribution < -0.4 is 4.72 Å². The summed E-state index contributed by atoms with van der Waals surface area (Å²) < 4.78 is 26.2. The number of thiophene rings is 1. The van der Waals surface area contributed by atoms with Crippen LogP contribution in [0.15, 0.2) is 40.2 Å². The molecule has 0 atom stereocenters. The first-order valence-corrected chi connectivity index (χ1v) is 9.83. The van der Waals surface area contributed by atoms with Crippen LogP contribution >= 0.6 is 27.3 Å². The Kier molecular flexibility index (Phi) is 5.25. The molecule has 0 saturated carbocycles. The molecule has 1 aromatic heterocycles.